The van der Waals surface area contributed by atoms with Gasteiger partial charge < -0.3 is 41.1 Å². The van der Waals surface area contributed by atoms with Crippen LogP contribution in [0.3, 0.4) is 0 Å². The molecule has 1 aromatic carbocycles. The summed E-state index contributed by atoms with van der Waals surface area (Å²) in [7, 11) is 0. The number of anilines is 1. The highest BCUT2D eigenvalue weighted by atomic mass is 32.1. The van der Waals surface area contributed by atoms with Gasteiger partial charge in [-0.25, -0.2) is 19.4 Å². The number of nitrogens with zero attached hydrogens (tertiary/aromatic N) is 4. The SMILES string of the molecule is CC1(C)C2CCC1CC(O/N=C(\C(=O)N[C@H]1CON(C3(C(=O)O)CC(N4C(=O)c5cc(O)c(O)cc5C4=O)C(=O)O3)C1=O)c1csc(N)n1)(C(=O)O)C2. The molecular formula is C32H32N6O14S. The molecule has 4 fully saturated rings. The molecule has 4 unspecified atom stereocenters. The number of ether oxygens (including phenoxy) is 1. The Morgan fingerprint density at radius 2 is 1.60 bits per heavy atom. The molecule has 5 atom stereocenters. The number of aromatic nitrogens is 1. The van der Waals surface area contributed by atoms with Crippen LogP contribution in [0.4, 0.5) is 5.13 Å². The third-order valence-electron chi connectivity index (χ3n) is 11.0. The molecule has 5 aliphatic rings. The number of nitrogens with one attached hydrogen (secondary N) is 1. The number of carboxylic acids is 2. The average Bonchev–Trinajstić information content (AvgIpc) is 3.84. The third-order valence-corrected chi connectivity index (χ3v) is 11.6. The lowest BCUT2D eigenvalue weighted by molar-refractivity contribution is -0.256. The molecule has 3 aliphatic heterocycles. The molecule has 0 radical (unpaired) electrons. The lowest BCUT2D eigenvalue weighted by Gasteiger charge is -2.44. The highest BCUT2D eigenvalue weighted by Crippen LogP contribution is 2.58. The Hall–Kier alpha value is -5.83. The van der Waals surface area contributed by atoms with Crippen molar-refractivity contribution in [2.45, 2.75) is 69.4 Å². The fraction of sp³-hybridized carbons (Fsp3) is 0.469. The predicted octanol–water partition coefficient (Wildman–Crippen LogP) is 0.178. The summed E-state index contributed by atoms with van der Waals surface area (Å²) >= 11 is 0.943. The molecule has 0 spiro atoms. The summed E-state index contributed by atoms with van der Waals surface area (Å²) in [6.07, 6.45) is 0.881. The number of nitrogens with two attached hydrogens (primary N) is 1. The first kappa shape index (κ1) is 35.6. The number of amides is 4. The van der Waals surface area contributed by atoms with E-state index >= 15 is 0 Å². The van der Waals surface area contributed by atoms with Gasteiger partial charge in [0.25, 0.3) is 23.6 Å². The lowest BCUT2D eigenvalue weighted by Crippen LogP contribution is -2.57. The summed E-state index contributed by atoms with van der Waals surface area (Å²) in [5, 5.41) is 48.1. The number of fused-ring (bicyclic) bond motifs is 3. The summed E-state index contributed by atoms with van der Waals surface area (Å²) in [4.78, 5) is 108. The van der Waals surface area contributed by atoms with Gasteiger partial charge in [-0.05, 0) is 42.2 Å². The number of hydrogen-bond donors (Lipinski definition) is 6. The van der Waals surface area contributed by atoms with E-state index in [2.05, 4.69) is 29.3 Å². The van der Waals surface area contributed by atoms with Crippen LogP contribution in [0.2, 0.25) is 0 Å². The molecule has 4 heterocycles. The van der Waals surface area contributed by atoms with Crippen LogP contribution in [0.5, 0.6) is 11.5 Å². The Morgan fingerprint density at radius 3 is 2.13 bits per heavy atom. The molecule has 2 aliphatic carbocycles. The number of imide groups is 1. The fourth-order valence-electron chi connectivity index (χ4n) is 7.88. The normalized spacial score (nSPS) is 30.4. The molecule has 20 nitrogen and oxygen atoms in total. The Balaban J connectivity index is 1.11. The summed E-state index contributed by atoms with van der Waals surface area (Å²) in [6.45, 7) is 3.48. The first-order chi connectivity index (χ1) is 24.9. The first-order valence-corrected chi connectivity index (χ1v) is 17.2. The maximum Gasteiger partial charge on any atom is 0.372 e. The van der Waals surface area contributed by atoms with E-state index in [1.165, 1.54) is 5.38 Å². The Labute approximate surface area is 302 Å². The maximum absolute atomic E-state index is 13.7. The van der Waals surface area contributed by atoms with Crippen molar-refractivity contribution in [2.75, 3.05) is 12.3 Å². The highest BCUT2D eigenvalue weighted by Gasteiger charge is 2.65. The van der Waals surface area contributed by atoms with Gasteiger partial charge in [0.15, 0.2) is 22.3 Å². The molecule has 7 rings (SSSR count). The van der Waals surface area contributed by atoms with E-state index in [0.717, 1.165) is 36.3 Å². The molecule has 4 amide bonds. The minimum atomic E-state index is -2.91. The van der Waals surface area contributed by atoms with E-state index in [-0.39, 0.29) is 57.1 Å². The Bertz CT molecular complexity index is 1990. The highest BCUT2D eigenvalue weighted by molar-refractivity contribution is 7.13. The number of aliphatic carboxylic acids is 2. The molecule has 2 aromatic rings. The molecule has 2 saturated heterocycles. The number of benzene rings is 1. The largest absolute Gasteiger partial charge is 0.504 e. The zero-order valence-corrected chi connectivity index (χ0v) is 28.7. The smallest absolute Gasteiger partial charge is 0.372 e. The number of aromatic hydroxyl groups is 2. The number of carboxylic acid groups (broad SMARTS) is 2. The minimum Gasteiger partial charge on any atom is -0.504 e. The zero-order chi connectivity index (χ0) is 38.4. The summed E-state index contributed by atoms with van der Waals surface area (Å²) in [6, 6.07) is -1.90. The van der Waals surface area contributed by atoms with Crippen LogP contribution in [0.25, 0.3) is 0 Å². The Kier molecular flexibility index (Phi) is 8.13. The predicted molar refractivity (Wildman–Crippen MR) is 174 cm³/mol. The lowest BCUT2D eigenvalue weighted by atomic mass is 9.63. The van der Waals surface area contributed by atoms with E-state index in [1.54, 1.807) is 0 Å². The van der Waals surface area contributed by atoms with Gasteiger partial charge in [-0.2, -0.15) is 5.06 Å². The summed E-state index contributed by atoms with van der Waals surface area (Å²) in [5.41, 5.74) is -0.401. The minimum absolute atomic E-state index is 0.0173. The molecule has 2 saturated carbocycles. The summed E-state index contributed by atoms with van der Waals surface area (Å²) < 4.78 is 5.14. The molecule has 7 N–H and O–H groups in total. The number of nitrogen functional groups attached to an aromatic ring is 1. The number of phenolic OH excluding ortho intramolecular Hbond substituents is 2. The van der Waals surface area contributed by atoms with Crippen molar-refractivity contribution in [3.05, 3.63) is 34.3 Å². The van der Waals surface area contributed by atoms with Gasteiger partial charge in [0.05, 0.1) is 17.5 Å². The van der Waals surface area contributed by atoms with Crippen molar-refractivity contribution < 1.29 is 68.4 Å². The van der Waals surface area contributed by atoms with Crippen molar-refractivity contribution in [1.29, 1.82) is 0 Å². The van der Waals surface area contributed by atoms with E-state index in [4.69, 9.17) is 20.1 Å². The topological polar surface area (TPSA) is 298 Å². The van der Waals surface area contributed by atoms with E-state index in [9.17, 15) is 54.0 Å². The quantitative estimate of drug-likeness (QED) is 0.0654. The second-order valence-corrected chi connectivity index (χ2v) is 15.0. The number of oxime groups is 1. The molecule has 53 heavy (non-hydrogen) atoms. The maximum atomic E-state index is 13.7. The number of thiazole rings is 1. The number of esters is 1. The van der Waals surface area contributed by atoms with E-state index in [1.807, 2.05) is 0 Å². The average molecular weight is 757 g/mol. The molecule has 1 aromatic heterocycles. The number of phenols is 2. The molecule has 21 heteroatoms. The Morgan fingerprint density at radius 1 is 1.00 bits per heavy atom. The third kappa shape index (κ3) is 5.40. The standard InChI is InChI=1S/C32H32N6O14S/c1-30(2)12-3-4-13(30)8-31(7-12,27(46)47)52-36-21(17-11-53-29(33)35-17)22(41)34-16-10-50-38(25(16)44)32(28(48)49)9-18(26(45)51-32)37-23(42)14-5-19(39)20(40)6-15(14)24(37)43/h5-6,11-13,16,18,39-40H,3-4,7-10H2,1-2H3,(H2,33,35)(H,34,41)(H,46,47)(H,48,49)/b36-21-/t12?,13?,16-,18?,31?,32?/m0/s1. The van der Waals surface area contributed by atoms with Gasteiger partial charge in [-0.1, -0.05) is 19.0 Å². The van der Waals surface area contributed by atoms with Crippen LogP contribution in [0.15, 0.2) is 22.7 Å². The number of hydrogen-bond acceptors (Lipinski definition) is 16. The van der Waals surface area contributed by atoms with Crippen LogP contribution >= 0.6 is 11.3 Å². The van der Waals surface area contributed by atoms with Crippen molar-refractivity contribution in [1.82, 2.24) is 20.3 Å². The van der Waals surface area contributed by atoms with Gasteiger partial charge in [-0.15, -0.1) is 11.3 Å². The van der Waals surface area contributed by atoms with Gasteiger partial charge in [0, 0.05) is 18.2 Å². The van der Waals surface area contributed by atoms with E-state index < -0.39 is 95.2 Å². The fourth-order valence-corrected chi connectivity index (χ4v) is 8.42. The monoisotopic (exact) mass is 756 g/mol. The van der Waals surface area contributed by atoms with Crippen LogP contribution in [-0.2, 0) is 38.4 Å². The molecule has 280 valence electrons. The van der Waals surface area contributed by atoms with Crippen molar-refractivity contribution in [3.63, 3.8) is 0 Å². The van der Waals surface area contributed by atoms with Gasteiger partial charge in [-0.3, -0.25) is 28.9 Å². The van der Waals surface area contributed by atoms with Crippen LogP contribution < -0.4 is 11.1 Å². The van der Waals surface area contributed by atoms with Crippen LogP contribution in [0, 0.1) is 17.3 Å². The van der Waals surface area contributed by atoms with Crippen LogP contribution in [0.1, 0.15) is 72.4 Å². The van der Waals surface area contributed by atoms with Crippen molar-refractivity contribution in [2.24, 2.45) is 22.4 Å². The number of rotatable bonds is 9. The molecular weight excluding hydrogens is 724 g/mol. The van der Waals surface area contributed by atoms with Gasteiger partial charge >= 0.3 is 23.6 Å². The number of carbonyl (C=O) groups excluding carboxylic acids is 5. The zero-order valence-electron chi connectivity index (χ0n) is 27.9. The van der Waals surface area contributed by atoms with Crippen LogP contribution in [-0.4, -0.2) is 113 Å². The second-order valence-electron chi connectivity index (χ2n) is 14.2. The van der Waals surface area contributed by atoms with Crippen molar-refractivity contribution in [3.8, 4) is 11.5 Å². The van der Waals surface area contributed by atoms with E-state index in [0.29, 0.717) is 4.90 Å². The first-order valence-electron chi connectivity index (χ1n) is 16.3. The second kappa shape index (κ2) is 12.1. The number of hydroxylamine groups is 2. The van der Waals surface area contributed by atoms with Gasteiger partial charge in [0.2, 0.25) is 5.60 Å². The summed E-state index contributed by atoms with van der Waals surface area (Å²) in [5.74, 6) is -10.5. The number of carbonyl (C=O) groups is 7. The van der Waals surface area contributed by atoms with Gasteiger partial charge in [0.1, 0.15) is 24.4 Å². The van der Waals surface area contributed by atoms with Crippen molar-refractivity contribution >= 4 is 63.7 Å². The number of cyclic esters (lactones) is 1. The molecule has 2 bridgehead atoms.